The summed E-state index contributed by atoms with van der Waals surface area (Å²) in [5.41, 5.74) is 0.392. The zero-order valence-corrected chi connectivity index (χ0v) is 19.0. The molecule has 0 aromatic heterocycles. The van der Waals surface area contributed by atoms with Gasteiger partial charge in [-0.05, 0) is 92.7 Å². The minimum absolute atomic E-state index is 0.0710. The van der Waals surface area contributed by atoms with Gasteiger partial charge in [0.05, 0.1) is 4.90 Å². The summed E-state index contributed by atoms with van der Waals surface area (Å²) in [6.07, 6.45) is 8.31. The molecule has 2 atom stereocenters. The number of amides is 1. The van der Waals surface area contributed by atoms with E-state index < -0.39 is 10.0 Å². The van der Waals surface area contributed by atoms with E-state index in [0.717, 1.165) is 43.4 Å². The van der Waals surface area contributed by atoms with Gasteiger partial charge in [-0.1, -0.05) is 19.9 Å². The molecular weight excluding hydrogens is 396 g/mol. The Morgan fingerprint density at radius 3 is 2.10 bits per heavy atom. The highest BCUT2D eigenvalue weighted by molar-refractivity contribution is 7.89. The van der Waals surface area contributed by atoms with Crippen molar-refractivity contribution in [3.63, 3.8) is 0 Å². The normalized spacial score (nSPS) is 38.5. The van der Waals surface area contributed by atoms with Crippen molar-refractivity contribution in [1.29, 1.82) is 0 Å². The van der Waals surface area contributed by atoms with Gasteiger partial charge in [0.25, 0.3) is 5.91 Å². The van der Waals surface area contributed by atoms with Crippen molar-refractivity contribution in [1.82, 2.24) is 9.62 Å². The highest BCUT2D eigenvalue weighted by Crippen LogP contribution is 2.55. The lowest BCUT2D eigenvalue weighted by atomic mass is 9.53. The Morgan fingerprint density at radius 1 is 0.967 bits per heavy atom. The van der Waals surface area contributed by atoms with Crippen LogP contribution in [0.3, 0.4) is 0 Å². The molecule has 164 valence electrons. The molecule has 6 rings (SSSR count). The Kier molecular flexibility index (Phi) is 5.01. The number of hydrogen-bond donors (Lipinski definition) is 1. The fourth-order valence-electron chi connectivity index (χ4n) is 7.33. The number of rotatable bonds is 4. The average Bonchev–Trinajstić information content (AvgIpc) is 2.66. The van der Waals surface area contributed by atoms with Crippen LogP contribution in [-0.4, -0.2) is 37.3 Å². The third kappa shape index (κ3) is 3.70. The molecule has 0 spiro atoms. The Hall–Kier alpha value is -1.40. The SMILES string of the molecule is CC1CC(C)CN(S(=O)(=O)c2cccc(C(=O)NC34CC5CC(CC(C5)C3)C4)c2)C1. The topological polar surface area (TPSA) is 66.5 Å². The average molecular weight is 431 g/mol. The van der Waals surface area contributed by atoms with E-state index in [1.54, 1.807) is 28.6 Å². The van der Waals surface area contributed by atoms with Crippen LogP contribution in [0.15, 0.2) is 29.2 Å². The quantitative estimate of drug-likeness (QED) is 0.784. The molecule has 5 fully saturated rings. The molecule has 6 heteroatoms. The van der Waals surface area contributed by atoms with Gasteiger partial charge in [-0.3, -0.25) is 4.79 Å². The first-order valence-electron chi connectivity index (χ1n) is 11.7. The van der Waals surface area contributed by atoms with Crippen molar-refractivity contribution in [3.8, 4) is 0 Å². The number of carbonyl (C=O) groups excluding carboxylic acids is 1. The second-order valence-electron chi connectivity index (χ2n) is 10.9. The van der Waals surface area contributed by atoms with Crippen molar-refractivity contribution in [2.24, 2.45) is 29.6 Å². The number of benzene rings is 1. The van der Waals surface area contributed by atoms with Crippen LogP contribution >= 0.6 is 0 Å². The highest BCUT2D eigenvalue weighted by Gasteiger charge is 2.51. The van der Waals surface area contributed by atoms with Crippen molar-refractivity contribution in [3.05, 3.63) is 29.8 Å². The van der Waals surface area contributed by atoms with Crippen LogP contribution in [-0.2, 0) is 10.0 Å². The maximum atomic E-state index is 13.3. The molecule has 0 radical (unpaired) electrons. The molecule has 5 nitrogen and oxygen atoms in total. The molecular formula is C24H34N2O3S. The standard InChI is InChI=1S/C24H34N2O3S/c1-16-6-17(2)15-26(14-16)30(28,29)22-5-3-4-21(10-22)23(27)25-24-11-18-7-19(12-24)9-20(8-18)13-24/h3-5,10,16-20H,6-9,11-15H2,1-2H3,(H,25,27). The fourth-order valence-corrected chi connectivity index (χ4v) is 9.05. The lowest BCUT2D eigenvalue weighted by Gasteiger charge is -2.56. The predicted octanol–water partition coefficient (Wildman–Crippen LogP) is 4.05. The Bertz CT molecular complexity index is 896. The van der Waals surface area contributed by atoms with Crippen molar-refractivity contribution in [2.45, 2.75) is 69.2 Å². The van der Waals surface area contributed by atoms with Gasteiger partial charge in [-0.25, -0.2) is 8.42 Å². The first kappa shape index (κ1) is 20.5. The van der Waals surface area contributed by atoms with Gasteiger partial charge < -0.3 is 5.32 Å². The third-order valence-electron chi connectivity index (χ3n) is 7.99. The van der Waals surface area contributed by atoms with Gasteiger partial charge >= 0.3 is 0 Å². The largest absolute Gasteiger partial charge is 0.347 e. The molecule has 1 aromatic carbocycles. The summed E-state index contributed by atoms with van der Waals surface area (Å²) in [4.78, 5) is 13.4. The first-order valence-corrected chi connectivity index (χ1v) is 13.1. The number of sulfonamides is 1. The van der Waals surface area contributed by atoms with Crippen molar-refractivity contribution >= 4 is 15.9 Å². The Labute approximate surface area is 180 Å². The predicted molar refractivity (Wildman–Crippen MR) is 117 cm³/mol. The van der Waals surface area contributed by atoms with E-state index in [4.69, 9.17) is 0 Å². The zero-order valence-electron chi connectivity index (χ0n) is 18.1. The molecule has 4 saturated carbocycles. The zero-order chi connectivity index (χ0) is 21.1. The molecule has 1 N–H and O–H groups in total. The number of hydrogen-bond acceptors (Lipinski definition) is 3. The van der Waals surface area contributed by atoms with Crippen molar-refractivity contribution < 1.29 is 13.2 Å². The van der Waals surface area contributed by atoms with E-state index in [-0.39, 0.29) is 16.3 Å². The van der Waals surface area contributed by atoms with E-state index in [1.807, 2.05) is 0 Å². The van der Waals surface area contributed by atoms with E-state index >= 15 is 0 Å². The highest BCUT2D eigenvalue weighted by atomic mass is 32.2. The Morgan fingerprint density at radius 2 is 1.53 bits per heavy atom. The van der Waals surface area contributed by atoms with Crippen LogP contribution in [0, 0.1) is 29.6 Å². The van der Waals surface area contributed by atoms with E-state index in [1.165, 1.54) is 19.3 Å². The monoisotopic (exact) mass is 430 g/mol. The molecule has 1 aromatic rings. The van der Waals surface area contributed by atoms with E-state index in [9.17, 15) is 13.2 Å². The summed E-state index contributed by atoms with van der Waals surface area (Å²) in [7, 11) is -3.58. The summed E-state index contributed by atoms with van der Waals surface area (Å²) >= 11 is 0. The lowest BCUT2D eigenvalue weighted by Crippen LogP contribution is -2.59. The molecule has 4 bridgehead atoms. The summed E-state index contributed by atoms with van der Waals surface area (Å²) in [5.74, 6) is 2.86. The molecule has 4 aliphatic carbocycles. The molecule has 1 aliphatic heterocycles. The summed E-state index contributed by atoms with van der Waals surface area (Å²) in [5, 5.41) is 3.37. The van der Waals surface area contributed by atoms with Gasteiger partial charge in [-0.2, -0.15) is 4.31 Å². The van der Waals surface area contributed by atoms with Gasteiger partial charge in [0.2, 0.25) is 10.0 Å². The van der Waals surface area contributed by atoms with Crippen LogP contribution in [0.4, 0.5) is 0 Å². The van der Waals surface area contributed by atoms with Gasteiger partial charge in [0.15, 0.2) is 0 Å². The summed E-state index contributed by atoms with van der Waals surface area (Å²) in [6.45, 7) is 5.31. The smallest absolute Gasteiger partial charge is 0.251 e. The number of nitrogens with one attached hydrogen (secondary N) is 1. The minimum atomic E-state index is -3.58. The van der Waals surface area contributed by atoms with Crippen LogP contribution in [0.1, 0.15) is 69.2 Å². The number of carbonyl (C=O) groups is 1. The fraction of sp³-hybridized carbons (Fsp3) is 0.708. The van der Waals surface area contributed by atoms with Crippen LogP contribution in [0.2, 0.25) is 0 Å². The maximum Gasteiger partial charge on any atom is 0.251 e. The van der Waals surface area contributed by atoms with E-state index in [2.05, 4.69) is 19.2 Å². The van der Waals surface area contributed by atoms with E-state index in [0.29, 0.717) is 30.5 Å². The molecule has 5 aliphatic rings. The van der Waals surface area contributed by atoms with Crippen LogP contribution in [0.25, 0.3) is 0 Å². The van der Waals surface area contributed by atoms with Crippen LogP contribution in [0.5, 0.6) is 0 Å². The maximum absolute atomic E-state index is 13.3. The third-order valence-corrected chi connectivity index (χ3v) is 9.81. The second kappa shape index (κ2) is 7.33. The van der Waals surface area contributed by atoms with Crippen molar-refractivity contribution in [2.75, 3.05) is 13.1 Å². The molecule has 30 heavy (non-hydrogen) atoms. The molecule has 1 saturated heterocycles. The van der Waals surface area contributed by atoms with Crippen LogP contribution < -0.4 is 5.32 Å². The molecule has 1 amide bonds. The Balaban J connectivity index is 1.35. The summed E-state index contributed by atoms with van der Waals surface area (Å²) in [6, 6.07) is 6.66. The molecule has 2 unspecified atom stereocenters. The number of piperidine rings is 1. The second-order valence-corrected chi connectivity index (χ2v) is 12.9. The van der Waals surface area contributed by atoms with Gasteiger partial charge in [0, 0.05) is 24.2 Å². The molecule has 1 heterocycles. The minimum Gasteiger partial charge on any atom is -0.347 e. The summed E-state index contributed by atoms with van der Waals surface area (Å²) < 4.78 is 28.1. The lowest BCUT2D eigenvalue weighted by molar-refractivity contribution is -0.0167. The first-order chi connectivity index (χ1) is 14.2. The number of nitrogens with zero attached hydrogens (tertiary/aromatic N) is 1. The van der Waals surface area contributed by atoms with Gasteiger partial charge in [-0.15, -0.1) is 0 Å². The van der Waals surface area contributed by atoms with Gasteiger partial charge in [0.1, 0.15) is 0 Å².